The van der Waals surface area contributed by atoms with E-state index >= 15 is 0 Å². The van der Waals surface area contributed by atoms with Gasteiger partial charge in [-0.3, -0.25) is 0 Å². The third-order valence-corrected chi connectivity index (χ3v) is 10.5. The molecule has 0 atom stereocenters. The maximum atomic E-state index is 2.50. The van der Waals surface area contributed by atoms with E-state index in [2.05, 4.69) is 158 Å². The minimum atomic E-state index is 1.24. The average Bonchev–Trinajstić information content (AvgIpc) is 3.62. The Morgan fingerprint density at radius 1 is 0.217 bits per heavy atom. The van der Waals surface area contributed by atoms with Crippen LogP contribution >= 0.6 is 0 Å². The highest BCUT2D eigenvalue weighted by atomic mass is 14.2. The lowest BCUT2D eigenvalue weighted by molar-refractivity contribution is 1.61. The predicted octanol–water partition coefficient (Wildman–Crippen LogP) is 13.1. The molecule has 0 saturated heterocycles. The molecule has 0 unspecified atom stereocenters. The van der Waals surface area contributed by atoms with E-state index in [1.807, 2.05) is 0 Å². The normalized spacial score (nSPS) is 12.3. The Kier molecular flexibility index (Phi) is 4.66. The van der Waals surface area contributed by atoms with Gasteiger partial charge in [-0.2, -0.15) is 0 Å². The maximum Gasteiger partial charge on any atom is -0.00199 e. The monoisotopic (exact) mass is 578 g/mol. The summed E-state index contributed by atoms with van der Waals surface area (Å²) < 4.78 is 0. The molecule has 0 radical (unpaired) electrons. The molecule has 0 bridgehead atoms. The molecule has 0 N–H and O–H groups in total. The quantitative estimate of drug-likeness (QED) is 0.179. The SMILES string of the molecule is c1ccc(-c2ccccc2-c2cc3c(cc4c5ccccc5c5cccc3c54)c3cc4c(cc23)c2cccc3cccc4c32)cc1. The summed E-state index contributed by atoms with van der Waals surface area (Å²) in [4.78, 5) is 0. The highest BCUT2D eigenvalue weighted by Gasteiger charge is 2.20. The number of hydrogen-bond donors (Lipinski definition) is 0. The van der Waals surface area contributed by atoms with E-state index in [9.17, 15) is 0 Å². The van der Waals surface area contributed by atoms with Gasteiger partial charge >= 0.3 is 0 Å². The summed E-state index contributed by atoms with van der Waals surface area (Å²) in [6.45, 7) is 0. The molecule has 0 saturated carbocycles. The fraction of sp³-hybridized carbons (Fsp3) is 0. The van der Waals surface area contributed by atoms with Crippen LogP contribution in [0, 0.1) is 0 Å². The van der Waals surface area contributed by atoms with Crippen molar-refractivity contribution < 1.29 is 0 Å². The van der Waals surface area contributed by atoms with Gasteiger partial charge in [0.2, 0.25) is 0 Å². The van der Waals surface area contributed by atoms with Crippen LogP contribution < -0.4 is 0 Å². The van der Waals surface area contributed by atoms with Gasteiger partial charge in [-0.25, -0.2) is 0 Å². The molecule has 0 amide bonds. The van der Waals surface area contributed by atoms with Crippen molar-refractivity contribution in [1.29, 1.82) is 0 Å². The summed E-state index contributed by atoms with van der Waals surface area (Å²) in [6.07, 6.45) is 0. The van der Waals surface area contributed by atoms with E-state index in [0.717, 1.165) is 0 Å². The largest absolute Gasteiger partial charge is 0.0622 e. The van der Waals surface area contributed by atoms with Crippen molar-refractivity contribution in [3.63, 3.8) is 0 Å². The Balaban J connectivity index is 1.40. The minimum Gasteiger partial charge on any atom is -0.0622 e. The average molecular weight is 579 g/mol. The Morgan fingerprint density at radius 2 is 0.674 bits per heavy atom. The first-order valence-electron chi connectivity index (χ1n) is 16.1. The summed E-state index contributed by atoms with van der Waals surface area (Å²) in [7, 11) is 0. The molecule has 0 aliphatic heterocycles. The molecule has 11 aromatic carbocycles. The highest BCUT2D eigenvalue weighted by molar-refractivity contribution is 6.38. The van der Waals surface area contributed by atoms with Crippen molar-refractivity contribution in [1.82, 2.24) is 0 Å². The molecule has 46 heavy (non-hydrogen) atoms. The fourth-order valence-corrected chi connectivity index (χ4v) is 8.59. The Hall–Kier alpha value is -5.98. The predicted molar refractivity (Wildman–Crippen MR) is 200 cm³/mol. The van der Waals surface area contributed by atoms with E-state index in [-0.39, 0.29) is 0 Å². The Bertz CT molecular complexity index is 3000. The Morgan fingerprint density at radius 3 is 1.41 bits per heavy atom. The Labute approximate surface area is 265 Å². The smallest absolute Gasteiger partial charge is 0.00199 e. The molecule has 0 aliphatic carbocycles. The van der Waals surface area contributed by atoms with Crippen molar-refractivity contribution in [3.05, 3.63) is 158 Å². The molecule has 210 valence electrons. The van der Waals surface area contributed by atoms with Gasteiger partial charge in [0.1, 0.15) is 0 Å². The van der Waals surface area contributed by atoms with Crippen LogP contribution in [0.4, 0.5) is 0 Å². The van der Waals surface area contributed by atoms with Crippen LogP contribution in [0.3, 0.4) is 0 Å². The second-order valence-electron chi connectivity index (χ2n) is 12.8. The summed E-state index contributed by atoms with van der Waals surface area (Å²) in [6, 6.07) is 59.0. The van der Waals surface area contributed by atoms with Crippen LogP contribution in [0.15, 0.2) is 158 Å². The van der Waals surface area contributed by atoms with Crippen molar-refractivity contribution in [2.45, 2.75) is 0 Å². The lowest BCUT2D eigenvalue weighted by Gasteiger charge is -2.17. The van der Waals surface area contributed by atoms with Crippen LogP contribution in [-0.4, -0.2) is 0 Å². The van der Waals surface area contributed by atoms with Crippen LogP contribution in [0.25, 0.3) is 108 Å². The van der Waals surface area contributed by atoms with Crippen molar-refractivity contribution in [2.75, 3.05) is 0 Å². The number of fused-ring (bicyclic) bond motifs is 10. The molecule has 0 spiro atoms. The van der Waals surface area contributed by atoms with Gasteiger partial charge in [0.15, 0.2) is 0 Å². The van der Waals surface area contributed by atoms with Crippen molar-refractivity contribution in [3.8, 4) is 22.3 Å². The number of hydrogen-bond acceptors (Lipinski definition) is 0. The van der Waals surface area contributed by atoms with Gasteiger partial charge in [0, 0.05) is 0 Å². The summed E-state index contributed by atoms with van der Waals surface area (Å²) in [5.41, 5.74) is 5.04. The molecule has 0 heterocycles. The van der Waals surface area contributed by atoms with Crippen molar-refractivity contribution >= 4 is 86.2 Å². The third-order valence-electron chi connectivity index (χ3n) is 10.5. The first-order chi connectivity index (χ1) is 22.8. The first kappa shape index (κ1) is 24.4. The van der Waals surface area contributed by atoms with Crippen LogP contribution in [0.2, 0.25) is 0 Å². The third kappa shape index (κ3) is 3.08. The zero-order valence-corrected chi connectivity index (χ0v) is 25.0. The first-order valence-corrected chi connectivity index (χ1v) is 16.1. The molecular formula is C46H26. The zero-order chi connectivity index (χ0) is 29.9. The van der Waals surface area contributed by atoms with Gasteiger partial charge in [-0.15, -0.1) is 0 Å². The minimum absolute atomic E-state index is 1.24. The van der Waals surface area contributed by atoms with E-state index in [4.69, 9.17) is 0 Å². The van der Waals surface area contributed by atoms with Gasteiger partial charge < -0.3 is 0 Å². The van der Waals surface area contributed by atoms with Crippen LogP contribution in [0.1, 0.15) is 0 Å². The second-order valence-corrected chi connectivity index (χ2v) is 12.8. The molecule has 0 aromatic heterocycles. The fourth-order valence-electron chi connectivity index (χ4n) is 8.59. The van der Waals surface area contributed by atoms with E-state index in [1.165, 1.54) is 108 Å². The summed E-state index contributed by atoms with van der Waals surface area (Å²) in [5.74, 6) is 0. The molecule has 0 heteroatoms. The topological polar surface area (TPSA) is 0 Å². The molecule has 11 rings (SSSR count). The number of benzene rings is 9. The maximum absolute atomic E-state index is 2.50. The molecule has 0 fully saturated rings. The number of rotatable bonds is 2. The lowest BCUT2D eigenvalue weighted by Crippen LogP contribution is -1.90. The molecule has 11 aromatic rings. The molecule has 0 aliphatic rings. The van der Waals surface area contributed by atoms with Crippen LogP contribution in [-0.2, 0) is 0 Å². The molecule has 0 nitrogen and oxygen atoms in total. The second kappa shape index (κ2) is 8.81. The highest BCUT2D eigenvalue weighted by Crippen LogP contribution is 2.48. The van der Waals surface area contributed by atoms with Gasteiger partial charge in [0.25, 0.3) is 0 Å². The summed E-state index contributed by atoms with van der Waals surface area (Å²) >= 11 is 0. The van der Waals surface area contributed by atoms with Gasteiger partial charge in [-0.05, 0) is 133 Å². The standard InChI is InChI=1S/C46H26/c1-2-11-27(12-3-1)29-15-4-5-16-30(29)37-23-40-36-22-10-21-33-31-17-6-7-18-32(31)44(46(33)36)26-43(40)42-25-39-35-20-9-14-28-13-8-19-34(45(28)35)38(39)24-41(37)42/h1-26H. The van der Waals surface area contributed by atoms with Crippen molar-refractivity contribution in [2.24, 2.45) is 0 Å². The van der Waals surface area contributed by atoms with Crippen LogP contribution in [0.5, 0.6) is 0 Å². The summed E-state index contributed by atoms with van der Waals surface area (Å²) in [5, 5.41) is 21.3. The molecular weight excluding hydrogens is 553 g/mol. The van der Waals surface area contributed by atoms with E-state index in [1.54, 1.807) is 0 Å². The van der Waals surface area contributed by atoms with Gasteiger partial charge in [0.05, 0.1) is 0 Å². The zero-order valence-electron chi connectivity index (χ0n) is 25.0. The van der Waals surface area contributed by atoms with E-state index < -0.39 is 0 Å². The lowest BCUT2D eigenvalue weighted by atomic mass is 9.86. The van der Waals surface area contributed by atoms with Gasteiger partial charge in [-0.1, -0.05) is 133 Å². The van der Waals surface area contributed by atoms with E-state index in [0.29, 0.717) is 0 Å².